The van der Waals surface area contributed by atoms with Crippen molar-refractivity contribution in [1.29, 1.82) is 0 Å². The molecule has 0 aliphatic heterocycles. The van der Waals surface area contributed by atoms with Gasteiger partial charge in [0.05, 0.1) is 23.6 Å². The fourth-order valence-corrected chi connectivity index (χ4v) is 2.23. The van der Waals surface area contributed by atoms with Gasteiger partial charge in [0.15, 0.2) is 0 Å². The first-order chi connectivity index (χ1) is 9.74. The van der Waals surface area contributed by atoms with Crippen molar-refractivity contribution in [2.75, 3.05) is 0 Å². The molecule has 0 saturated heterocycles. The Morgan fingerprint density at radius 2 is 1.90 bits per heavy atom. The molecule has 1 atom stereocenters. The lowest BCUT2D eigenvalue weighted by Crippen LogP contribution is -2.10. The van der Waals surface area contributed by atoms with Crippen LogP contribution in [0, 0.1) is 0 Å². The predicted molar refractivity (Wildman–Crippen MR) is 81.8 cm³/mol. The van der Waals surface area contributed by atoms with Gasteiger partial charge in [0.1, 0.15) is 0 Å². The van der Waals surface area contributed by atoms with Crippen LogP contribution in [0.15, 0.2) is 30.5 Å². The summed E-state index contributed by atoms with van der Waals surface area (Å²) in [5, 5.41) is 8.34. The van der Waals surface area contributed by atoms with Crippen molar-refractivity contribution in [2.24, 2.45) is 5.73 Å². The second-order valence-electron chi connectivity index (χ2n) is 5.25. The van der Waals surface area contributed by atoms with Gasteiger partial charge in [-0.15, -0.1) is 5.10 Å². The highest BCUT2D eigenvalue weighted by Crippen LogP contribution is 2.15. The SMILES string of the molecule is CCCCc1ccc(-n2cc(C(N)CCC)nn2)cc1. The Hall–Kier alpha value is -1.68. The third kappa shape index (κ3) is 3.67. The summed E-state index contributed by atoms with van der Waals surface area (Å²) in [6, 6.07) is 8.50. The summed E-state index contributed by atoms with van der Waals surface area (Å²) >= 11 is 0. The molecule has 0 spiro atoms. The molecule has 0 saturated carbocycles. The van der Waals surface area contributed by atoms with E-state index in [-0.39, 0.29) is 6.04 Å². The first-order valence-electron chi connectivity index (χ1n) is 7.51. The maximum absolute atomic E-state index is 6.06. The average molecular weight is 272 g/mol. The molecule has 108 valence electrons. The van der Waals surface area contributed by atoms with Crippen LogP contribution in [0.4, 0.5) is 0 Å². The molecule has 4 nitrogen and oxygen atoms in total. The number of nitrogens with two attached hydrogens (primary N) is 1. The zero-order valence-corrected chi connectivity index (χ0v) is 12.4. The highest BCUT2D eigenvalue weighted by atomic mass is 15.4. The zero-order chi connectivity index (χ0) is 14.4. The van der Waals surface area contributed by atoms with Gasteiger partial charge in [-0.05, 0) is 37.0 Å². The van der Waals surface area contributed by atoms with Crippen molar-refractivity contribution in [1.82, 2.24) is 15.0 Å². The number of hydrogen-bond acceptors (Lipinski definition) is 3. The fraction of sp³-hybridized carbons (Fsp3) is 0.500. The summed E-state index contributed by atoms with van der Waals surface area (Å²) in [5.41, 5.74) is 9.33. The highest BCUT2D eigenvalue weighted by Gasteiger charge is 2.10. The number of benzene rings is 1. The monoisotopic (exact) mass is 272 g/mol. The smallest absolute Gasteiger partial charge is 0.0998 e. The van der Waals surface area contributed by atoms with Crippen LogP contribution >= 0.6 is 0 Å². The number of hydrogen-bond donors (Lipinski definition) is 1. The van der Waals surface area contributed by atoms with Crippen LogP contribution in [-0.4, -0.2) is 15.0 Å². The molecule has 1 aromatic carbocycles. The molecule has 20 heavy (non-hydrogen) atoms. The molecule has 0 radical (unpaired) electrons. The first kappa shape index (κ1) is 14.7. The van der Waals surface area contributed by atoms with Crippen LogP contribution in [0.25, 0.3) is 5.69 Å². The first-order valence-corrected chi connectivity index (χ1v) is 7.51. The molecule has 0 aliphatic carbocycles. The number of rotatable bonds is 7. The van der Waals surface area contributed by atoms with E-state index >= 15 is 0 Å². The average Bonchev–Trinajstić information content (AvgIpc) is 2.96. The molecule has 2 aromatic rings. The van der Waals surface area contributed by atoms with Gasteiger partial charge >= 0.3 is 0 Å². The Labute approximate surface area is 121 Å². The summed E-state index contributed by atoms with van der Waals surface area (Å²) in [5.74, 6) is 0. The maximum Gasteiger partial charge on any atom is 0.0998 e. The van der Waals surface area contributed by atoms with Gasteiger partial charge in [-0.3, -0.25) is 0 Å². The molecule has 0 amide bonds. The number of aromatic nitrogens is 3. The number of nitrogens with zero attached hydrogens (tertiary/aromatic N) is 3. The quantitative estimate of drug-likeness (QED) is 0.840. The topological polar surface area (TPSA) is 56.7 Å². The summed E-state index contributed by atoms with van der Waals surface area (Å²) in [6.07, 6.45) is 7.53. The summed E-state index contributed by atoms with van der Waals surface area (Å²) in [7, 11) is 0. The van der Waals surface area contributed by atoms with E-state index in [1.807, 2.05) is 6.20 Å². The van der Waals surface area contributed by atoms with Crippen LogP contribution in [0.3, 0.4) is 0 Å². The predicted octanol–water partition coefficient (Wildman–Crippen LogP) is 3.41. The van der Waals surface area contributed by atoms with Crippen molar-refractivity contribution in [3.05, 3.63) is 41.7 Å². The van der Waals surface area contributed by atoms with Crippen molar-refractivity contribution in [3.8, 4) is 5.69 Å². The molecule has 4 heteroatoms. The lowest BCUT2D eigenvalue weighted by Gasteiger charge is -2.05. The molecule has 1 unspecified atom stereocenters. The minimum atomic E-state index is -0.0161. The highest BCUT2D eigenvalue weighted by molar-refractivity contribution is 5.34. The lowest BCUT2D eigenvalue weighted by atomic mass is 10.1. The Kier molecular flexibility index (Phi) is 5.30. The molecule has 0 fully saturated rings. The van der Waals surface area contributed by atoms with Crippen LogP contribution in [-0.2, 0) is 6.42 Å². The van der Waals surface area contributed by atoms with Crippen LogP contribution in [0.5, 0.6) is 0 Å². The molecule has 0 aliphatic rings. The minimum absolute atomic E-state index is 0.0161. The van der Waals surface area contributed by atoms with E-state index in [9.17, 15) is 0 Å². The Bertz CT molecular complexity index is 516. The van der Waals surface area contributed by atoms with E-state index in [1.165, 1.54) is 18.4 Å². The molecular formula is C16H24N4. The van der Waals surface area contributed by atoms with Gasteiger partial charge in [0.25, 0.3) is 0 Å². The molecule has 1 heterocycles. The Morgan fingerprint density at radius 1 is 1.15 bits per heavy atom. The number of unbranched alkanes of at least 4 members (excludes halogenated alkanes) is 1. The van der Waals surface area contributed by atoms with Crippen LogP contribution < -0.4 is 5.73 Å². The number of aryl methyl sites for hydroxylation is 1. The Balaban J connectivity index is 2.07. The largest absolute Gasteiger partial charge is 0.323 e. The molecule has 0 bridgehead atoms. The third-order valence-corrected chi connectivity index (χ3v) is 3.51. The second kappa shape index (κ2) is 7.20. The van der Waals surface area contributed by atoms with E-state index in [4.69, 9.17) is 5.73 Å². The van der Waals surface area contributed by atoms with E-state index in [1.54, 1.807) is 4.68 Å². The van der Waals surface area contributed by atoms with E-state index in [0.717, 1.165) is 30.6 Å². The van der Waals surface area contributed by atoms with Gasteiger partial charge < -0.3 is 5.73 Å². The fourth-order valence-electron chi connectivity index (χ4n) is 2.23. The summed E-state index contributed by atoms with van der Waals surface area (Å²) in [6.45, 7) is 4.34. The van der Waals surface area contributed by atoms with E-state index in [2.05, 4.69) is 48.4 Å². The lowest BCUT2D eigenvalue weighted by molar-refractivity contribution is 0.619. The summed E-state index contributed by atoms with van der Waals surface area (Å²) in [4.78, 5) is 0. The normalized spacial score (nSPS) is 12.6. The van der Waals surface area contributed by atoms with Crippen molar-refractivity contribution < 1.29 is 0 Å². The second-order valence-corrected chi connectivity index (χ2v) is 5.25. The zero-order valence-electron chi connectivity index (χ0n) is 12.4. The molecule has 2 N–H and O–H groups in total. The molecule has 2 rings (SSSR count). The van der Waals surface area contributed by atoms with Crippen molar-refractivity contribution in [3.63, 3.8) is 0 Å². The van der Waals surface area contributed by atoms with E-state index < -0.39 is 0 Å². The van der Waals surface area contributed by atoms with Gasteiger partial charge in [0, 0.05) is 0 Å². The van der Waals surface area contributed by atoms with Gasteiger partial charge in [-0.25, -0.2) is 4.68 Å². The third-order valence-electron chi connectivity index (χ3n) is 3.51. The van der Waals surface area contributed by atoms with Crippen molar-refractivity contribution in [2.45, 2.75) is 52.0 Å². The molecule has 1 aromatic heterocycles. The van der Waals surface area contributed by atoms with Crippen molar-refractivity contribution >= 4 is 0 Å². The minimum Gasteiger partial charge on any atom is -0.323 e. The van der Waals surface area contributed by atoms with E-state index in [0.29, 0.717) is 0 Å². The van der Waals surface area contributed by atoms with Gasteiger partial charge in [0.2, 0.25) is 0 Å². The Morgan fingerprint density at radius 3 is 2.55 bits per heavy atom. The van der Waals surface area contributed by atoms with Crippen LogP contribution in [0.2, 0.25) is 0 Å². The molecular weight excluding hydrogens is 248 g/mol. The summed E-state index contributed by atoms with van der Waals surface area (Å²) < 4.78 is 1.80. The van der Waals surface area contributed by atoms with Gasteiger partial charge in [-0.1, -0.05) is 44.0 Å². The maximum atomic E-state index is 6.06. The van der Waals surface area contributed by atoms with Crippen LogP contribution in [0.1, 0.15) is 56.8 Å². The standard InChI is InChI=1S/C16H24N4/c1-3-5-7-13-8-10-14(11-9-13)20-12-16(18-19-20)15(17)6-4-2/h8-12,15H,3-7,17H2,1-2H3. The van der Waals surface area contributed by atoms with Gasteiger partial charge in [-0.2, -0.15) is 0 Å².